The first-order chi connectivity index (χ1) is 27.3. The van der Waals surface area contributed by atoms with Gasteiger partial charge in [0.05, 0.1) is 51.7 Å². The molecule has 1 spiro atoms. The number of methoxy groups -OCH3 is 1. The summed E-state index contributed by atoms with van der Waals surface area (Å²) in [4.78, 5) is 48.7. The molecule has 4 aliphatic rings. The molecular formula is C46H57N3O7Si. The number of benzene rings is 3. The van der Waals surface area contributed by atoms with Gasteiger partial charge in [-0.25, -0.2) is 0 Å². The molecule has 4 heterocycles. The minimum atomic E-state index is -2.54. The van der Waals surface area contributed by atoms with Crippen LogP contribution >= 0.6 is 0 Å². The minimum absolute atomic E-state index is 0.0629. The van der Waals surface area contributed by atoms with Crippen LogP contribution in [-0.2, 0) is 24.7 Å². The van der Waals surface area contributed by atoms with E-state index < -0.39 is 19.8 Å². The van der Waals surface area contributed by atoms with Gasteiger partial charge in [0.1, 0.15) is 11.5 Å². The number of aliphatic hydroxyl groups excluding tert-OH is 1. The molecule has 57 heavy (non-hydrogen) atoms. The van der Waals surface area contributed by atoms with E-state index in [2.05, 4.69) is 65.1 Å². The monoisotopic (exact) mass is 791 g/mol. The molecule has 0 bridgehead atoms. The van der Waals surface area contributed by atoms with Gasteiger partial charge in [-0.05, 0) is 94.5 Å². The van der Waals surface area contributed by atoms with Gasteiger partial charge in [-0.2, -0.15) is 0 Å². The summed E-state index contributed by atoms with van der Waals surface area (Å²) in [5.74, 6) is 0.604. The Morgan fingerprint density at radius 1 is 1.02 bits per heavy atom. The van der Waals surface area contributed by atoms with E-state index in [0.717, 1.165) is 37.1 Å². The number of carbonyl (C=O) groups is 3. The minimum Gasteiger partial charge on any atom is -0.497 e. The molecular weight excluding hydrogens is 735 g/mol. The van der Waals surface area contributed by atoms with Crippen LogP contribution in [0.2, 0.25) is 18.6 Å². The molecule has 7 rings (SSSR count). The number of anilines is 3. The van der Waals surface area contributed by atoms with Crippen molar-refractivity contribution >= 4 is 48.0 Å². The predicted octanol–water partition coefficient (Wildman–Crippen LogP) is 7.38. The number of ether oxygens (including phenoxy) is 3. The molecule has 11 heteroatoms. The van der Waals surface area contributed by atoms with Gasteiger partial charge >= 0.3 is 0 Å². The maximum atomic E-state index is 15.5. The maximum Gasteiger partial charge on any atom is 0.269 e. The third-order valence-electron chi connectivity index (χ3n) is 12.8. The number of amides is 3. The highest BCUT2D eigenvalue weighted by Gasteiger charge is 2.66. The Balaban J connectivity index is 1.35. The molecule has 2 saturated heterocycles. The number of rotatable bonds is 12. The molecule has 3 aromatic rings. The van der Waals surface area contributed by atoms with Crippen molar-refractivity contribution in [2.24, 2.45) is 5.92 Å². The molecule has 3 amide bonds. The molecule has 0 unspecified atom stereocenters. The Labute approximate surface area is 338 Å². The highest BCUT2D eigenvalue weighted by atomic mass is 28.3. The van der Waals surface area contributed by atoms with Crippen molar-refractivity contribution in [1.82, 2.24) is 4.90 Å². The number of fused-ring (bicyclic) bond motifs is 3. The quantitative estimate of drug-likeness (QED) is 0.151. The second kappa shape index (κ2) is 16.3. The normalized spacial score (nSPS) is 24.5. The van der Waals surface area contributed by atoms with Gasteiger partial charge in [-0.1, -0.05) is 72.8 Å². The van der Waals surface area contributed by atoms with Crippen LogP contribution in [0.25, 0.3) is 0 Å². The smallest absolute Gasteiger partial charge is 0.269 e. The zero-order chi connectivity index (χ0) is 40.6. The molecule has 1 N–H and O–H groups in total. The van der Waals surface area contributed by atoms with Crippen molar-refractivity contribution in [3.05, 3.63) is 95.6 Å². The SMILES string of the molecule is COc1ccc([Si](C)(C)[C@@H]2[C@@H](CC(=O)N3CCC[C@H]3CO)O[C@]3(C(=O)N(C/C=C(\C)CCC=C(C)C)c4ccc(N5C(=O)COc6ccccc65)cc43)[C@H]2C)cc1. The number of hydrogen-bond donors (Lipinski definition) is 1. The Bertz CT molecular complexity index is 2080. The lowest BCUT2D eigenvalue weighted by atomic mass is 9.82. The topological polar surface area (TPSA) is 109 Å². The van der Waals surface area contributed by atoms with Gasteiger partial charge < -0.3 is 29.1 Å². The Morgan fingerprint density at radius 3 is 2.49 bits per heavy atom. The molecule has 10 nitrogen and oxygen atoms in total. The molecule has 0 radical (unpaired) electrons. The third-order valence-corrected chi connectivity index (χ3v) is 17.1. The largest absolute Gasteiger partial charge is 0.497 e. The van der Waals surface area contributed by atoms with Crippen molar-refractivity contribution < 1.29 is 33.7 Å². The standard InChI is InChI=1S/C46H57N3O7Si/c1-30(2)12-10-13-31(3)23-25-48-38-22-17-33(49-39-15-8-9-16-40(39)55-29-43(49)52)26-37(38)46(45(48)53)32(4)44(57(6,7)36-20-18-35(54-5)19-21-36)41(56-46)27-42(51)47-24-11-14-34(47)28-50/h8-9,12,15-23,26,32,34,41,44,50H,10-11,13-14,24-25,27-29H2,1-7H3/b31-23+/t32-,34-,41+,44-,46+/m0/s1. The molecule has 0 saturated carbocycles. The second-order valence-corrected chi connectivity index (χ2v) is 21.6. The predicted molar refractivity (Wildman–Crippen MR) is 226 cm³/mol. The Kier molecular flexibility index (Phi) is 11.6. The van der Waals surface area contributed by atoms with Crippen LogP contribution in [0, 0.1) is 5.92 Å². The summed E-state index contributed by atoms with van der Waals surface area (Å²) in [6.45, 7) is 13.8. The average molecular weight is 792 g/mol. The first kappa shape index (κ1) is 40.5. The second-order valence-electron chi connectivity index (χ2n) is 16.9. The first-order valence-corrected chi connectivity index (χ1v) is 23.4. The fourth-order valence-corrected chi connectivity index (χ4v) is 13.8. The third kappa shape index (κ3) is 7.34. The highest BCUT2D eigenvalue weighted by Crippen LogP contribution is 2.60. The van der Waals surface area contributed by atoms with E-state index >= 15 is 4.79 Å². The molecule has 5 atom stereocenters. The van der Waals surface area contributed by atoms with Gasteiger partial charge in [-0.3, -0.25) is 19.3 Å². The summed E-state index contributed by atoms with van der Waals surface area (Å²) >= 11 is 0. The highest BCUT2D eigenvalue weighted by molar-refractivity contribution is 6.91. The van der Waals surface area contributed by atoms with E-state index in [1.165, 1.54) is 16.3 Å². The van der Waals surface area contributed by atoms with E-state index in [-0.39, 0.29) is 54.9 Å². The summed E-state index contributed by atoms with van der Waals surface area (Å²) in [6.07, 6.45) is 7.29. The van der Waals surface area contributed by atoms with Crippen LogP contribution in [0.3, 0.4) is 0 Å². The van der Waals surface area contributed by atoms with Crippen LogP contribution in [0.5, 0.6) is 11.5 Å². The van der Waals surface area contributed by atoms with Crippen molar-refractivity contribution in [3.63, 3.8) is 0 Å². The zero-order valence-corrected chi connectivity index (χ0v) is 35.4. The summed E-state index contributed by atoms with van der Waals surface area (Å²) in [5.41, 5.74) is 3.60. The fourth-order valence-electron chi connectivity index (χ4n) is 9.79. The van der Waals surface area contributed by atoms with Gasteiger partial charge in [-0.15, -0.1) is 0 Å². The lowest BCUT2D eigenvalue weighted by Gasteiger charge is -2.37. The summed E-state index contributed by atoms with van der Waals surface area (Å²) < 4.78 is 18.6. The summed E-state index contributed by atoms with van der Waals surface area (Å²) in [5, 5.41) is 11.3. The van der Waals surface area contributed by atoms with Crippen molar-refractivity contribution in [2.45, 2.75) is 96.2 Å². The van der Waals surface area contributed by atoms with E-state index in [4.69, 9.17) is 14.2 Å². The van der Waals surface area contributed by atoms with Crippen molar-refractivity contribution in [3.8, 4) is 11.5 Å². The number of para-hydroxylation sites is 2. The van der Waals surface area contributed by atoms with E-state index in [1.807, 2.05) is 59.5 Å². The molecule has 2 fully saturated rings. The lowest BCUT2D eigenvalue weighted by molar-refractivity contribution is -0.149. The molecule has 0 aromatic heterocycles. The number of hydrogen-bond acceptors (Lipinski definition) is 7. The van der Waals surface area contributed by atoms with Crippen LogP contribution in [-0.4, -0.2) is 81.4 Å². The molecule has 3 aromatic carbocycles. The van der Waals surface area contributed by atoms with Crippen LogP contribution < -0.4 is 24.5 Å². The number of allylic oxidation sites excluding steroid dienone is 3. The van der Waals surface area contributed by atoms with E-state index in [9.17, 15) is 14.7 Å². The van der Waals surface area contributed by atoms with E-state index in [1.54, 1.807) is 16.9 Å². The van der Waals surface area contributed by atoms with Gasteiger partial charge in [0, 0.05) is 30.3 Å². The van der Waals surface area contributed by atoms with Gasteiger partial charge in [0.15, 0.2) is 12.2 Å². The van der Waals surface area contributed by atoms with Gasteiger partial charge in [0.25, 0.3) is 11.8 Å². The van der Waals surface area contributed by atoms with Crippen molar-refractivity contribution in [1.29, 1.82) is 0 Å². The number of nitrogens with zero attached hydrogens (tertiary/aromatic N) is 3. The van der Waals surface area contributed by atoms with Crippen LogP contribution in [0.15, 0.2) is 90.0 Å². The molecule has 4 aliphatic heterocycles. The van der Waals surface area contributed by atoms with Crippen LogP contribution in [0.1, 0.15) is 65.4 Å². The molecule has 302 valence electrons. The van der Waals surface area contributed by atoms with Crippen LogP contribution in [0.4, 0.5) is 17.1 Å². The fraction of sp³-hybridized carbons (Fsp3) is 0.457. The number of carbonyl (C=O) groups excluding carboxylic acids is 3. The zero-order valence-electron chi connectivity index (χ0n) is 34.4. The first-order valence-electron chi connectivity index (χ1n) is 20.3. The number of likely N-dealkylation sites (tertiary alicyclic amines) is 1. The Morgan fingerprint density at radius 2 is 1.77 bits per heavy atom. The maximum absolute atomic E-state index is 15.5. The average Bonchev–Trinajstić information content (AvgIpc) is 3.86. The summed E-state index contributed by atoms with van der Waals surface area (Å²) in [6, 6.07) is 21.2. The molecule has 0 aliphatic carbocycles. The van der Waals surface area contributed by atoms with Crippen molar-refractivity contribution in [2.75, 3.05) is 43.2 Å². The lowest BCUT2D eigenvalue weighted by Crippen LogP contribution is -2.52. The van der Waals surface area contributed by atoms with E-state index in [0.29, 0.717) is 35.8 Å². The summed E-state index contributed by atoms with van der Waals surface area (Å²) in [7, 11) is -0.888. The Hall–Kier alpha value is -4.71. The van der Waals surface area contributed by atoms with Gasteiger partial charge in [0.2, 0.25) is 5.91 Å². The number of aliphatic hydroxyl groups is 1.